The number of esters is 1. The molecule has 0 radical (unpaired) electrons. The Morgan fingerprint density at radius 1 is 1.30 bits per heavy atom. The standard InChI is InChI=1S/C21H21N5O3S/c1-2-10-22-21-23-17(13-30-21)20(28)29-12-19(27)24-18-11-16(14-8-9-14)25-26(18)15-6-4-3-5-7-15/h2-7,11,13-14H,1,8-10,12H2,(H,22,23)(H,24,27). The summed E-state index contributed by atoms with van der Waals surface area (Å²) >= 11 is 1.28. The Balaban J connectivity index is 1.38. The highest BCUT2D eigenvalue weighted by Gasteiger charge is 2.28. The van der Waals surface area contributed by atoms with Crippen molar-refractivity contribution in [2.45, 2.75) is 18.8 Å². The molecule has 4 rings (SSSR count). The zero-order valence-corrected chi connectivity index (χ0v) is 17.0. The minimum absolute atomic E-state index is 0.157. The highest BCUT2D eigenvalue weighted by Crippen LogP contribution is 2.40. The minimum Gasteiger partial charge on any atom is -0.451 e. The van der Waals surface area contributed by atoms with Crippen LogP contribution in [0.3, 0.4) is 0 Å². The Bertz CT molecular complexity index is 1060. The SMILES string of the molecule is C=CCNc1nc(C(=O)OCC(=O)Nc2cc(C3CC3)nn2-c2ccccc2)cs1. The van der Waals surface area contributed by atoms with E-state index in [9.17, 15) is 9.59 Å². The van der Waals surface area contributed by atoms with Crippen molar-refractivity contribution in [3.05, 3.63) is 65.8 Å². The third-order valence-electron chi connectivity index (χ3n) is 4.44. The van der Waals surface area contributed by atoms with Gasteiger partial charge in [0.1, 0.15) is 5.82 Å². The number of para-hydroxylation sites is 1. The van der Waals surface area contributed by atoms with Crippen molar-refractivity contribution < 1.29 is 14.3 Å². The average Bonchev–Trinajstić information content (AvgIpc) is 3.36. The maximum Gasteiger partial charge on any atom is 0.358 e. The van der Waals surface area contributed by atoms with E-state index >= 15 is 0 Å². The Kier molecular flexibility index (Phi) is 5.89. The van der Waals surface area contributed by atoms with Gasteiger partial charge in [-0.2, -0.15) is 5.10 Å². The van der Waals surface area contributed by atoms with Crippen molar-refractivity contribution in [1.29, 1.82) is 0 Å². The summed E-state index contributed by atoms with van der Waals surface area (Å²) in [7, 11) is 0. The van der Waals surface area contributed by atoms with Gasteiger partial charge in [0.05, 0.1) is 11.4 Å². The third-order valence-corrected chi connectivity index (χ3v) is 5.24. The lowest BCUT2D eigenvalue weighted by Gasteiger charge is -2.09. The molecule has 30 heavy (non-hydrogen) atoms. The fourth-order valence-electron chi connectivity index (χ4n) is 2.83. The van der Waals surface area contributed by atoms with Crippen LogP contribution in [-0.2, 0) is 9.53 Å². The molecule has 9 heteroatoms. The van der Waals surface area contributed by atoms with Crippen molar-refractivity contribution >= 4 is 34.2 Å². The lowest BCUT2D eigenvalue weighted by atomic mass is 10.3. The van der Waals surface area contributed by atoms with Gasteiger partial charge in [-0.1, -0.05) is 24.3 Å². The molecule has 2 N–H and O–H groups in total. The molecule has 1 saturated carbocycles. The maximum absolute atomic E-state index is 12.4. The van der Waals surface area contributed by atoms with E-state index in [0.717, 1.165) is 24.2 Å². The number of aromatic nitrogens is 3. The van der Waals surface area contributed by atoms with Gasteiger partial charge < -0.3 is 15.4 Å². The first-order valence-corrected chi connectivity index (χ1v) is 10.4. The molecule has 2 aromatic heterocycles. The number of benzene rings is 1. The number of rotatable bonds is 9. The number of nitrogens with zero attached hydrogens (tertiary/aromatic N) is 3. The van der Waals surface area contributed by atoms with Crippen molar-refractivity contribution in [3.8, 4) is 5.69 Å². The van der Waals surface area contributed by atoms with Crippen LogP contribution in [0.25, 0.3) is 5.69 Å². The van der Waals surface area contributed by atoms with Crippen molar-refractivity contribution in [2.75, 3.05) is 23.8 Å². The molecule has 0 spiro atoms. The van der Waals surface area contributed by atoms with Crippen LogP contribution in [0.1, 0.15) is 34.9 Å². The summed E-state index contributed by atoms with van der Waals surface area (Å²) < 4.78 is 6.81. The van der Waals surface area contributed by atoms with Crippen LogP contribution in [0, 0.1) is 0 Å². The highest BCUT2D eigenvalue weighted by atomic mass is 32.1. The lowest BCUT2D eigenvalue weighted by molar-refractivity contribution is -0.119. The summed E-state index contributed by atoms with van der Waals surface area (Å²) in [5, 5.41) is 12.6. The zero-order chi connectivity index (χ0) is 20.9. The topological polar surface area (TPSA) is 98.1 Å². The second-order valence-corrected chi connectivity index (χ2v) is 7.67. The molecule has 3 aromatic rings. The lowest BCUT2D eigenvalue weighted by Crippen LogP contribution is -2.22. The van der Waals surface area contributed by atoms with Gasteiger partial charge >= 0.3 is 5.97 Å². The van der Waals surface area contributed by atoms with Crippen molar-refractivity contribution in [2.24, 2.45) is 0 Å². The predicted molar refractivity (Wildman–Crippen MR) is 115 cm³/mol. The molecular weight excluding hydrogens is 402 g/mol. The molecule has 0 saturated heterocycles. The van der Waals surface area contributed by atoms with Crippen molar-refractivity contribution in [1.82, 2.24) is 14.8 Å². The van der Waals surface area contributed by atoms with Gasteiger partial charge in [-0.15, -0.1) is 17.9 Å². The molecule has 0 atom stereocenters. The first kappa shape index (κ1) is 19.8. The van der Waals surface area contributed by atoms with Gasteiger partial charge in [0.2, 0.25) is 0 Å². The van der Waals surface area contributed by atoms with E-state index in [1.807, 2.05) is 36.4 Å². The number of hydrogen-bond acceptors (Lipinski definition) is 7. The monoisotopic (exact) mass is 423 g/mol. The zero-order valence-electron chi connectivity index (χ0n) is 16.2. The summed E-state index contributed by atoms with van der Waals surface area (Å²) in [6, 6.07) is 11.4. The number of hydrogen-bond donors (Lipinski definition) is 2. The number of carbonyl (C=O) groups is 2. The van der Waals surface area contributed by atoms with E-state index in [1.54, 1.807) is 16.1 Å². The smallest absolute Gasteiger partial charge is 0.358 e. The Labute approximate surface area is 177 Å². The molecule has 0 unspecified atom stereocenters. The Hall–Kier alpha value is -3.46. The molecule has 0 aliphatic heterocycles. The summed E-state index contributed by atoms with van der Waals surface area (Å²) in [5.74, 6) is -0.1000. The molecule has 1 amide bonds. The van der Waals surface area contributed by atoms with E-state index in [2.05, 4.69) is 27.3 Å². The molecule has 2 heterocycles. The van der Waals surface area contributed by atoms with Crippen molar-refractivity contribution in [3.63, 3.8) is 0 Å². The Morgan fingerprint density at radius 3 is 2.83 bits per heavy atom. The van der Waals surface area contributed by atoms with Gasteiger partial charge in [0.25, 0.3) is 5.91 Å². The fourth-order valence-corrected chi connectivity index (χ4v) is 3.52. The predicted octanol–water partition coefficient (Wildman–Crippen LogP) is 3.60. The molecule has 154 valence electrons. The van der Waals surface area contributed by atoms with E-state index in [1.165, 1.54) is 11.3 Å². The van der Waals surface area contributed by atoms with Crippen LogP contribution in [0.4, 0.5) is 10.9 Å². The number of thiazole rings is 1. The summed E-state index contributed by atoms with van der Waals surface area (Å²) in [5.41, 5.74) is 1.96. The van der Waals surface area contributed by atoms with E-state index in [-0.39, 0.29) is 5.69 Å². The summed E-state index contributed by atoms with van der Waals surface area (Å²) in [6.45, 7) is 3.74. The second kappa shape index (κ2) is 8.91. The molecule has 1 aromatic carbocycles. The van der Waals surface area contributed by atoms with E-state index < -0.39 is 18.5 Å². The number of nitrogens with one attached hydrogen (secondary N) is 2. The quantitative estimate of drug-likeness (QED) is 0.403. The van der Waals surface area contributed by atoms with Crippen LogP contribution < -0.4 is 10.6 Å². The summed E-state index contributed by atoms with van der Waals surface area (Å²) in [6.07, 6.45) is 3.90. The number of amides is 1. The van der Waals surface area contributed by atoms with Gasteiger partial charge in [0.15, 0.2) is 17.4 Å². The van der Waals surface area contributed by atoms with Gasteiger partial charge in [-0.25, -0.2) is 14.5 Å². The summed E-state index contributed by atoms with van der Waals surface area (Å²) in [4.78, 5) is 28.7. The van der Waals surface area contributed by atoms with E-state index in [4.69, 9.17) is 4.74 Å². The van der Waals surface area contributed by atoms with Crippen LogP contribution in [-0.4, -0.2) is 39.8 Å². The van der Waals surface area contributed by atoms with Crippen LogP contribution in [0.15, 0.2) is 54.4 Å². The number of carbonyl (C=O) groups excluding carboxylic acids is 2. The van der Waals surface area contributed by atoms with Gasteiger partial charge in [0, 0.05) is 23.9 Å². The van der Waals surface area contributed by atoms with Crippen LogP contribution in [0.5, 0.6) is 0 Å². The molecule has 1 aliphatic carbocycles. The normalized spacial score (nSPS) is 12.9. The number of ether oxygens (including phenoxy) is 1. The largest absolute Gasteiger partial charge is 0.451 e. The van der Waals surface area contributed by atoms with Crippen LogP contribution in [0.2, 0.25) is 0 Å². The number of anilines is 2. The first-order chi connectivity index (χ1) is 14.6. The van der Waals surface area contributed by atoms with Gasteiger partial charge in [-0.3, -0.25) is 4.79 Å². The molecule has 1 fully saturated rings. The third kappa shape index (κ3) is 4.74. The highest BCUT2D eigenvalue weighted by molar-refractivity contribution is 7.13. The first-order valence-electron chi connectivity index (χ1n) is 9.56. The molecule has 8 nitrogen and oxygen atoms in total. The maximum atomic E-state index is 12.4. The molecule has 0 bridgehead atoms. The second-order valence-electron chi connectivity index (χ2n) is 6.81. The van der Waals surface area contributed by atoms with Crippen LogP contribution >= 0.6 is 11.3 Å². The van der Waals surface area contributed by atoms with E-state index in [0.29, 0.717) is 23.4 Å². The van der Waals surface area contributed by atoms with Gasteiger partial charge in [-0.05, 0) is 25.0 Å². The average molecular weight is 423 g/mol. The fraction of sp³-hybridized carbons (Fsp3) is 0.238. The Morgan fingerprint density at radius 2 is 2.10 bits per heavy atom. The molecular formula is C21H21N5O3S. The minimum atomic E-state index is -0.650. The molecule has 1 aliphatic rings.